The highest BCUT2D eigenvalue weighted by atomic mass is 35.5. The molecule has 0 saturated carbocycles. The molecule has 26 heavy (non-hydrogen) atoms. The minimum absolute atomic E-state index is 0.0476. The molecule has 4 rings (SSSR count). The molecule has 0 saturated heterocycles. The molecule has 0 bridgehead atoms. The van der Waals surface area contributed by atoms with Gasteiger partial charge in [0.05, 0.1) is 17.1 Å². The number of aromatic nitrogens is 1. The monoisotopic (exact) mass is 363 g/mol. The van der Waals surface area contributed by atoms with Crippen LogP contribution in [0.3, 0.4) is 0 Å². The van der Waals surface area contributed by atoms with Crippen molar-refractivity contribution in [1.29, 1.82) is 5.26 Å². The molecule has 0 aliphatic carbocycles. The van der Waals surface area contributed by atoms with E-state index in [0.717, 1.165) is 16.5 Å². The van der Waals surface area contributed by atoms with Gasteiger partial charge in [-0.1, -0.05) is 35.9 Å². The molecular weight excluding hydrogens is 350 g/mol. The van der Waals surface area contributed by atoms with E-state index in [1.54, 1.807) is 16.7 Å². The Bertz CT molecular complexity index is 1120. The van der Waals surface area contributed by atoms with Gasteiger partial charge in [-0.3, -0.25) is 9.36 Å². The largest absolute Gasteiger partial charge is 0.438 e. The summed E-state index contributed by atoms with van der Waals surface area (Å²) in [5.74, 6) is -0.126. The van der Waals surface area contributed by atoms with Gasteiger partial charge in [0, 0.05) is 17.3 Å². The second-order valence-electron chi connectivity index (χ2n) is 6.06. The Balaban J connectivity index is 2.11. The Morgan fingerprint density at radius 3 is 2.58 bits per heavy atom. The highest BCUT2D eigenvalue weighted by molar-refractivity contribution is 6.30. The fraction of sp³-hybridized carbons (Fsp3) is 0.100. The number of fused-ring (bicyclic) bond motifs is 3. The lowest BCUT2D eigenvalue weighted by atomic mass is 9.87. The van der Waals surface area contributed by atoms with Crippen LogP contribution in [-0.2, 0) is 0 Å². The number of halogens is 1. The van der Waals surface area contributed by atoms with Crippen LogP contribution in [0.4, 0.5) is 0 Å². The molecule has 0 radical (unpaired) electrons. The van der Waals surface area contributed by atoms with Gasteiger partial charge in [-0.15, -0.1) is 0 Å². The molecule has 2 heterocycles. The van der Waals surface area contributed by atoms with E-state index in [-0.39, 0.29) is 17.4 Å². The third-order valence-corrected chi connectivity index (χ3v) is 4.79. The van der Waals surface area contributed by atoms with E-state index in [4.69, 9.17) is 22.1 Å². The van der Waals surface area contributed by atoms with E-state index >= 15 is 0 Å². The number of rotatable bonds is 1. The highest BCUT2D eigenvalue weighted by Crippen LogP contribution is 2.47. The number of benzene rings is 2. The Kier molecular flexibility index (Phi) is 3.71. The summed E-state index contributed by atoms with van der Waals surface area (Å²) in [6, 6.07) is 16.7. The van der Waals surface area contributed by atoms with Crippen molar-refractivity contribution < 1.29 is 9.53 Å². The summed E-state index contributed by atoms with van der Waals surface area (Å²) in [7, 11) is 0. The van der Waals surface area contributed by atoms with Gasteiger partial charge in [0.2, 0.25) is 11.8 Å². The molecule has 0 unspecified atom stereocenters. The molecule has 1 aliphatic rings. The van der Waals surface area contributed by atoms with Gasteiger partial charge in [-0.25, -0.2) is 0 Å². The van der Waals surface area contributed by atoms with Gasteiger partial charge in [-0.05, 0) is 29.8 Å². The van der Waals surface area contributed by atoms with Gasteiger partial charge in [0.25, 0.3) is 0 Å². The molecule has 6 heteroatoms. The summed E-state index contributed by atoms with van der Waals surface area (Å²) in [6.45, 7) is 1.49. The Morgan fingerprint density at radius 2 is 1.92 bits per heavy atom. The Morgan fingerprint density at radius 1 is 1.23 bits per heavy atom. The maximum atomic E-state index is 12.5. The maximum absolute atomic E-state index is 12.5. The third-order valence-electron chi connectivity index (χ3n) is 4.54. The number of nitriles is 1. The molecule has 3 aromatic rings. The summed E-state index contributed by atoms with van der Waals surface area (Å²) in [6.07, 6.45) is 0. The Labute approximate surface area is 154 Å². The van der Waals surface area contributed by atoms with Crippen molar-refractivity contribution in [3.8, 4) is 11.8 Å². The molecule has 5 nitrogen and oxygen atoms in total. The predicted molar refractivity (Wildman–Crippen MR) is 99.0 cm³/mol. The average molecular weight is 364 g/mol. The van der Waals surface area contributed by atoms with E-state index in [9.17, 15) is 10.1 Å². The van der Waals surface area contributed by atoms with Gasteiger partial charge in [-0.2, -0.15) is 5.26 Å². The van der Waals surface area contributed by atoms with Crippen LogP contribution >= 0.6 is 11.6 Å². The number of hydrogen-bond donors (Lipinski definition) is 1. The number of para-hydroxylation sites is 1. The summed E-state index contributed by atoms with van der Waals surface area (Å²) in [5.41, 5.74) is 8.45. The smallest absolute Gasteiger partial charge is 0.228 e. The Hall–Kier alpha value is -3.23. The lowest BCUT2D eigenvalue weighted by Crippen LogP contribution is -2.24. The molecule has 1 atom stereocenters. The first-order valence-electron chi connectivity index (χ1n) is 8.00. The van der Waals surface area contributed by atoms with Crippen LogP contribution in [0, 0.1) is 11.3 Å². The summed E-state index contributed by atoms with van der Waals surface area (Å²) < 4.78 is 7.38. The van der Waals surface area contributed by atoms with Crippen molar-refractivity contribution in [3.63, 3.8) is 0 Å². The van der Waals surface area contributed by atoms with Gasteiger partial charge in [0.1, 0.15) is 11.6 Å². The normalized spacial score (nSPS) is 16.1. The predicted octanol–water partition coefficient (Wildman–Crippen LogP) is 4.17. The quantitative estimate of drug-likeness (QED) is 0.703. The first-order valence-corrected chi connectivity index (χ1v) is 8.38. The third kappa shape index (κ3) is 2.27. The molecular formula is C20H14ClN3O2. The second kappa shape index (κ2) is 5.94. The molecule has 2 aromatic carbocycles. The zero-order chi connectivity index (χ0) is 18.4. The minimum Gasteiger partial charge on any atom is -0.438 e. The fourth-order valence-electron chi connectivity index (χ4n) is 3.48. The molecule has 1 aromatic heterocycles. The summed E-state index contributed by atoms with van der Waals surface area (Å²) in [5, 5.41) is 11.1. The first-order chi connectivity index (χ1) is 12.5. The van der Waals surface area contributed by atoms with Crippen LogP contribution in [0.15, 0.2) is 60.0 Å². The van der Waals surface area contributed by atoms with E-state index < -0.39 is 5.92 Å². The number of hydrogen-bond acceptors (Lipinski definition) is 4. The van der Waals surface area contributed by atoms with Crippen molar-refractivity contribution in [2.24, 2.45) is 5.73 Å². The standard InChI is InChI=1S/C20H14ClN3O2/c1-11(25)24-16-5-3-2-4-14(16)19-18(24)17(15(10-22)20(23)26-19)12-6-8-13(21)9-7-12/h2-9,17H,23H2,1H3/t17-/m1/s1. The van der Waals surface area contributed by atoms with Crippen LogP contribution in [0.2, 0.25) is 5.02 Å². The van der Waals surface area contributed by atoms with Crippen LogP contribution in [0.25, 0.3) is 10.9 Å². The molecule has 2 N–H and O–H groups in total. The second-order valence-corrected chi connectivity index (χ2v) is 6.50. The zero-order valence-electron chi connectivity index (χ0n) is 13.9. The van der Waals surface area contributed by atoms with E-state index in [1.807, 2.05) is 36.4 Å². The first kappa shape index (κ1) is 16.2. The fourth-order valence-corrected chi connectivity index (χ4v) is 3.61. The SMILES string of the molecule is CC(=O)n1c2c(c3ccccc31)OC(N)=C(C#N)[C@H]2c1ccc(Cl)cc1. The van der Waals surface area contributed by atoms with Crippen LogP contribution in [0.1, 0.15) is 28.9 Å². The number of ether oxygens (including phenoxy) is 1. The zero-order valence-corrected chi connectivity index (χ0v) is 14.6. The van der Waals surface area contributed by atoms with Crippen molar-refractivity contribution in [3.05, 3.63) is 76.3 Å². The highest BCUT2D eigenvalue weighted by Gasteiger charge is 2.36. The van der Waals surface area contributed by atoms with E-state index in [2.05, 4.69) is 6.07 Å². The van der Waals surface area contributed by atoms with Gasteiger partial charge in [0.15, 0.2) is 5.75 Å². The number of allylic oxidation sites excluding steroid dienone is 1. The van der Waals surface area contributed by atoms with E-state index in [0.29, 0.717) is 16.5 Å². The lowest BCUT2D eigenvalue weighted by Gasteiger charge is -2.25. The molecule has 0 amide bonds. The summed E-state index contributed by atoms with van der Waals surface area (Å²) >= 11 is 6.01. The molecule has 0 spiro atoms. The van der Waals surface area contributed by atoms with Gasteiger partial charge >= 0.3 is 0 Å². The number of carbonyl (C=O) groups is 1. The van der Waals surface area contributed by atoms with E-state index in [1.165, 1.54) is 6.92 Å². The van der Waals surface area contributed by atoms with Crippen molar-refractivity contribution >= 4 is 28.4 Å². The van der Waals surface area contributed by atoms with Gasteiger partial charge < -0.3 is 10.5 Å². The van der Waals surface area contributed by atoms with Crippen LogP contribution < -0.4 is 10.5 Å². The topological polar surface area (TPSA) is 81.0 Å². The lowest BCUT2D eigenvalue weighted by molar-refractivity contribution is 0.0937. The van der Waals surface area contributed by atoms with Crippen molar-refractivity contribution in [1.82, 2.24) is 4.57 Å². The molecule has 1 aliphatic heterocycles. The minimum atomic E-state index is -0.516. The summed E-state index contributed by atoms with van der Waals surface area (Å²) in [4.78, 5) is 12.5. The number of nitrogens with two attached hydrogens (primary N) is 1. The van der Waals surface area contributed by atoms with Crippen molar-refractivity contribution in [2.45, 2.75) is 12.8 Å². The number of carbonyl (C=O) groups excluding carboxylic acids is 1. The van der Waals surface area contributed by atoms with Crippen LogP contribution in [0.5, 0.6) is 5.75 Å². The average Bonchev–Trinajstić information content (AvgIpc) is 2.95. The maximum Gasteiger partial charge on any atom is 0.228 e. The number of nitrogens with zero attached hydrogens (tertiary/aromatic N) is 2. The molecule has 0 fully saturated rings. The molecule has 128 valence electrons. The van der Waals surface area contributed by atoms with Crippen molar-refractivity contribution in [2.75, 3.05) is 0 Å². The van der Waals surface area contributed by atoms with Crippen LogP contribution in [-0.4, -0.2) is 10.5 Å².